The molecule has 0 spiro atoms. The lowest BCUT2D eigenvalue weighted by Crippen LogP contribution is -2.32. The van der Waals surface area contributed by atoms with Crippen LogP contribution in [0.5, 0.6) is 0 Å². The zero-order valence-electron chi connectivity index (χ0n) is 10.8. The van der Waals surface area contributed by atoms with Gasteiger partial charge in [-0.2, -0.15) is 4.98 Å². The van der Waals surface area contributed by atoms with Gasteiger partial charge in [-0.05, 0) is 26.7 Å². The summed E-state index contributed by atoms with van der Waals surface area (Å²) in [5, 5.41) is 12.7. The van der Waals surface area contributed by atoms with E-state index in [1.54, 1.807) is 0 Å². The molecule has 18 heavy (non-hydrogen) atoms. The molecule has 0 aliphatic heterocycles. The van der Waals surface area contributed by atoms with Gasteiger partial charge in [-0.15, -0.1) is 0 Å². The molecule has 0 bridgehead atoms. The van der Waals surface area contributed by atoms with E-state index in [0.29, 0.717) is 24.9 Å². The maximum Gasteiger partial charge on any atom is 0.304 e. The van der Waals surface area contributed by atoms with Gasteiger partial charge in [-0.1, -0.05) is 5.16 Å². The minimum Gasteiger partial charge on any atom is -0.481 e. The number of carbonyl (C=O) groups is 1. The number of aliphatic carboxylic acids is 1. The Morgan fingerprint density at radius 3 is 2.83 bits per heavy atom. The number of hydrogen-bond acceptors (Lipinski definition) is 5. The summed E-state index contributed by atoms with van der Waals surface area (Å²) in [5.41, 5.74) is 0. The lowest BCUT2D eigenvalue weighted by molar-refractivity contribution is -0.137. The van der Waals surface area contributed by atoms with Gasteiger partial charge in [0, 0.05) is 18.5 Å². The third-order valence-electron chi connectivity index (χ3n) is 3.11. The monoisotopic (exact) mass is 253 g/mol. The molecule has 1 fully saturated rings. The summed E-state index contributed by atoms with van der Waals surface area (Å²) < 4.78 is 5.20. The zero-order chi connectivity index (χ0) is 13.1. The zero-order valence-corrected chi connectivity index (χ0v) is 10.8. The highest BCUT2D eigenvalue weighted by atomic mass is 16.5. The molecule has 2 rings (SSSR count). The summed E-state index contributed by atoms with van der Waals surface area (Å²) in [6.45, 7) is 5.07. The van der Waals surface area contributed by atoms with Crippen LogP contribution in [0.15, 0.2) is 4.52 Å². The second kappa shape index (κ2) is 5.48. The van der Waals surface area contributed by atoms with Gasteiger partial charge in [0.25, 0.3) is 0 Å². The molecule has 1 aliphatic rings. The lowest BCUT2D eigenvalue weighted by atomic mass is 10.3. The Kier molecular flexibility index (Phi) is 3.96. The van der Waals surface area contributed by atoms with Crippen LogP contribution in [0.4, 0.5) is 0 Å². The van der Waals surface area contributed by atoms with Crippen molar-refractivity contribution in [2.45, 2.75) is 51.6 Å². The first-order valence-corrected chi connectivity index (χ1v) is 6.34. The van der Waals surface area contributed by atoms with E-state index in [4.69, 9.17) is 9.63 Å². The predicted octanol–water partition coefficient (Wildman–Crippen LogP) is 1.63. The van der Waals surface area contributed by atoms with Crippen LogP contribution in [0.25, 0.3) is 0 Å². The van der Waals surface area contributed by atoms with Gasteiger partial charge in [0.05, 0.1) is 13.0 Å². The van der Waals surface area contributed by atoms with Crippen molar-refractivity contribution in [1.29, 1.82) is 0 Å². The number of hydrogen-bond donors (Lipinski definition) is 1. The highest BCUT2D eigenvalue weighted by molar-refractivity contribution is 5.66. The average Bonchev–Trinajstić information content (AvgIpc) is 3.04. The number of aromatic nitrogens is 2. The molecule has 6 nitrogen and oxygen atoms in total. The Morgan fingerprint density at radius 2 is 2.28 bits per heavy atom. The first kappa shape index (κ1) is 13.0. The molecule has 0 atom stereocenters. The summed E-state index contributed by atoms with van der Waals surface area (Å²) in [7, 11) is 0. The fourth-order valence-corrected chi connectivity index (χ4v) is 1.77. The summed E-state index contributed by atoms with van der Waals surface area (Å²) in [5.74, 6) is 1.07. The van der Waals surface area contributed by atoms with Crippen molar-refractivity contribution < 1.29 is 14.4 Å². The maximum absolute atomic E-state index is 10.6. The van der Waals surface area contributed by atoms with Gasteiger partial charge < -0.3 is 9.63 Å². The number of nitrogens with zero attached hydrogens (tertiary/aromatic N) is 3. The van der Waals surface area contributed by atoms with E-state index in [9.17, 15) is 4.79 Å². The van der Waals surface area contributed by atoms with Crippen LogP contribution in [0, 0.1) is 0 Å². The Hall–Kier alpha value is -1.43. The third-order valence-corrected chi connectivity index (χ3v) is 3.11. The molecule has 1 N–H and O–H groups in total. The predicted molar refractivity (Wildman–Crippen MR) is 64.1 cm³/mol. The summed E-state index contributed by atoms with van der Waals surface area (Å²) in [6.07, 6.45) is 2.42. The van der Waals surface area contributed by atoms with Crippen molar-refractivity contribution in [3.63, 3.8) is 0 Å². The second-order valence-corrected chi connectivity index (χ2v) is 5.03. The van der Waals surface area contributed by atoms with E-state index < -0.39 is 5.97 Å². The van der Waals surface area contributed by atoms with Crippen molar-refractivity contribution in [3.05, 3.63) is 11.7 Å². The number of rotatable bonds is 7. The van der Waals surface area contributed by atoms with Gasteiger partial charge in [0.2, 0.25) is 5.89 Å². The van der Waals surface area contributed by atoms with Crippen LogP contribution in [-0.4, -0.2) is 38.7 Å². The van der Waals surface area contributed by atoms with Crippen LogP contribution in [0.1, 0.15) is 50.7 Å². The minimum atomic E-state index is -0.787. The molecule has 1 saturated carbocycles. The van der Waals surface area contributed by atoms with Crippen molar-refractivity contribution in [2.75, 3.05) is 6.54 Å². The molecule has 1 aromatic heterocycles. The molecule has 1 aromatic rings. The van der Waals surface area contributed by atoms with Crippen molar-refractivity contribution in [1.82, 2.24) is 15.0 Å². The van der Waals surface area contributed by atoms with Crippen LogP contribution in [0.2, 0.25) is 0 Å². The van der Waals surface area contributed by atoms with Crippen molar-refractivity contribution in [2.24, 2.45) is 0 Å². The van der Waals surface area contributed by atoms with Gasteiger partial charge in [-0.25, -0.2) is 0 Å². The van der Waals surface area contributed by atoms with E-state index in [0.717, 1.165) is 18.7 Å². The summed E-state index contributed by atoms with van der Waals surface area (Å²) in [4.78, 5) is 17.0. The van der Waals surface area contributed by atoms with Crippen LogP contribution >= 0.6 is 0 Å². The molecule has 0 radical (unpaired) electrons. The molecule has 0 saturated heterocycles. The normalized spacial score (nSPS) is 15.6. The molecule has 0 unspecified atom stereocenters. The Morgan fingerprint density at radius 1 is 1.56 bits per heavy atom. The van der Waals surface area contributed by atoms with Crippen molar-refractivity contribution >= 4 is 5.97 Å². The number of carboxylic acids is 1. The summed E-state index contributed by atoms with van der Waals surface area (Å²) in [6, 6.07) is 0.251. The van der Waals surface area contributed by atoms with E-state index in [-0.39, 0.29) is 12.5 Å². The second-order valence-electron chi connectivity index (χ2n) is 5.03. The molecule has 100 valence electrons. The SMILES string of the molecule is CC(C)N(CCC(=O)O)Cc1nc(C2CC2)no1. The summed E-state index contributed by atoms with van der Waals surface area (Å²) >= 11 is 0. The molecule has 1 aliphatic carbocycles. The molecule has 1 heterocycles. The Balaban J connectivity index is 1.91. The maximum atomic E-state index is 10.6. The van der Waals surface area contributed by atoms with Crippen LogP contribution < -0.4 is 0 Å². The molecule has 6 heteroatoms. The Labute approximate surface area is 106 Å². The van der Waals surface area contributed by atoms with Crippen LogP contribution in [0.3, 0.4) is 0 Å². The minimum absolute atomic E-state index is 0.127. The first-order chi connectivity index (χ1) is 8.56. The highest BCUT2D eigenvalue weighted by Crippen LogP contribution is 2.38. The lowest BCUT2D eigenvalue weighted by Gasteiger charge is -2.23. The van der Waals surface area contributed by atoms with Gasteiger partial charge >= 0.3 is 5.97 Å². The molecular weight excluding hydrogens is 234 g/mol. The first-order valence-electron chi connectivity index (χ1n) is 6.34. The van der Waals surface area contributed by atoms with Gasteiger partial charge in [-0.3, -0.25) is 9.69 Å². The van der Waals surface area contributed by atoms with Gasteiger partial charge in [0.15, 0.2) is 5.82 Å². The van der Waals surface area contributed by atoms with E-state index in [1.165, 1.54) is 0 Å². The standard InChI is InChI=1S/C12H19N3O3/c1-8(2)15(6-5-11(16)17)7-10-13-12(14-18-10)9-3-4-9/h8-9H,3-7H2,1-2H3,(H,16,17). The topological polar surface area (TPSA) is 79.5 Å². The van der Waals surface area contributed by atoms with Gasteiger partial charge in [0.1, 0.15) is 0 Å². The smallest absolute Gasteiger partial charge is 0.304 e. The molecule has 0 aromatic carbocycles. The fraction of sp³-hybridized carbons (Fsp3) is 0.750. The van der Waals surface area contributed by atoms with Crippen molar-refractivity contribution in [3.8, 4) is 0 Å². The fourth-order valence-electron chi connectivity index (χ4n) is 1.77. The third kappa shape index (κ3) is 3.53. The molecular formula is C12H19N3O3. The highest BCUT2D eigenvalue weighted by Gasteiger charge is 2.29. The average molecular weight is 253 g/mol. The molecule has 0 amide bonds. The number of carboxylic acid groups (broad SMARTS) is 1. The van der Waals surface area contributed by atoms with E-state index >= 15 is 0 Å². The quantitative estimate of drug-likeness (QED) is 0.795. The van der Waals surface area contributed by atoms with Crippen LogP contribution in [-0.2, 0) is 11.3 Å². The van der Waals surface area contributed by atoms with E-state index in [2.05, 4.69) is 10.1 Å². The largest absolute Gasteiger partial charge is 0.481 e. The van der Waals surface area contributed by atoms with E-state index in [1.807, 2.05) is 18.7 Å². The Bertz CT molecular complexity index is 412.